The number of hydrogen-bond acceptors (Lipinski definition) is 3. The molecule has 2 atom stereocenters. The number of alkyl carbamates (subject to hydrolysis) is 1. The summed E-state index contributed by atoms with van der Waals surface area (Å²) in [5, 5.41) is 12.5. The quantitative estimate of drug-likeness (QED) is 0.743. The van der Waals surface area contributed by atoms with Crippen LogP contribution in [0.2, 0.25) is 0 Å². The van der Waals surface area contributed by atoms with Gasteiger partial charge in [0.25, 0.3) is 0 Å². The minimum Gasteiger partial charge on any atom is -0.446 e. The zero-order valence-corrected chi connectivity index (χ0v) is 11.5. The molecule has 0 spiro atoms. The Hall–Kier alpha value is -0.770. The minimum absolute atomic E-state index is 0.0321. The van der Waals surface area contributed by atoms with Crippen molar-refractivity contribution in [3.05, 3.63) is 0 Å². The predicted molar refractivity (Wildman–Crippen MR) is 66.8 cm³/mol. The van der Waals surface area contributed by atoms with Crippen molar-refractivity contribution in [2.45, 2.75) is 71.6 Å². The highest BCUT2D eigenvalue weighted by molar-refractivity contribution is 5.68. The topological polar surface area (TPSA) is 58.6 Å². The Kier molecular flexibility index (Phi) is 4.07. The van der Waals surface area contributed by atoms with E-state index in [1.165, 1.54) is 0 Å². The van der Waals surface area contributed by atoms with Crippen LogP contribution in [0.15, 0.2) is 0 Å². The Morgan fingerprint density at radius 2 is 1.94 bits per heavy atom. The lowest BCUT2D eigenvalue weighted by molar-refractivity contribution is -0.0244. The van der Waals surface area contributed by atoms with Gasteiger partial charge in [-0.2, -0.15) is 0 Å². The zero-order valence-electron chi connectivity index (χ0n) is 11.5. The molecule has 4 heteroatoms. The summed E-state index contributed by atoms with van der Waals surface area (Å²) in [5.41, 5.74) is -0.260. The number of ether oxygens (including phenoxy) is 1. The smallest absolute Gasteiger partial charge is 0.407 e. The van der Waals surface area contributed by atoms with Gasteiger partial charge in [-0.3, -0.25) is 0 Å². The van der Waals surface area contributed by atoms with Gasteiger partial charge in [-0.05, 0) is 39.0 Å². The van der Waals surface area contributed by atoms with Gasteiger partial charge < -0.3 is 15.2 Å². The highest BCUT2D eigenvalue weighted by Gasteiger charge is 2.35. The van der Waals surface area contributed by atoms with E-state index in [1.807, 2.05) is 20.8 Å². The van der Waals surface area contributed by atoms with Crippen LogP contribution >= 0.6 is 0 Å². The first kappa shape index (κ1) is 14.3. The third kappa shape index (κ3) is 5.39. The van der Waals surface area contributed by atoms with Crippen molar-refractivity contribution in [3.63, 3.8) is 0 Å². The molecule has 0 heterocycles. The number of hydrogen-bond donors (Lipinski definition) is 2. The third-order valence-electron chi connectivity index (χ3n) is 2.85. The van der Waals surface area contributed by atoms with Gasteiger partial charge in [-0.15, -0.1) is 0 Å². The highest BCUT2D eigenvalue weighted by atomic mass is 16.6. The predicted octanol–water partition coefficient (Wildman–Crippen LogP) is 2.45. The van der Waals surface area contributed by atoms with Gasteiger partial charge >= 0.3 is 6.09 Å². The molecule has 1 rings (SSSR count). The van der Waals surface area contributed by atoms with E-state index in [4.69, 9.17) is 4.74 Å². The largest absolute Gasteiger partial charge is 0.446 e. The van der Waals surface area contributed by atoms with Gasteiger partial charge in [0.05, 0.1) is 6.10 Å². The Labute approximate surface area is 104 Å². The van der Waals surface area contributed by atoms with Gasteiger partial charge in [-0.1, -0.05) is 13.8 Å². The van der Waals surface area contributed by atoms with Crippen LogP contribution in [0, 0.1) is 5.41 Å². The van der Waals surface area contributed by atoms with E-state index in [-0.39, 0.29) is 23.2 Å². The van der Waals surface area contributed by atoms with Crippen LogP contribution in [0.4, 0.5) is 4.79 Å². The second-order valence-corrected chi connectivity index (χ2v) is 6.86. The van der Waals surface area contributed by atoms with Gasteiger partial charge in [-0.25, -0.2) is 4.79 Å². The molecule has 1 aliphatic rings. The van der Waals surface area contributed by atoms with Gasteiger partial charge in [0.2, 0.25) is 0 Å². The van der Waals surface area contributed by atoms with Crippen LogP contribution in [0.5, 0.6) is 0 Å². The molecule has 0 aliphatic heterocycles. The number of nitrogens with one attached hydrogen (secondary N) is 1. The van der Waals surface area contributed by atoms with E-state index in [0.29, 0.717) is 6.42 Å². The zero-order chi connectivity index (χ0) is 13.3. The second-order valence-electron chi connectivity index (χ2n) is 6.86. The van der Waals surface area contributed by atoms with Crippen LogP contribution in [-0.4, -0.2) is 28.9 Å². The van der Waals surface area contributed by atoms with E-state index in [9.17, 15) is 9.90 Å². The lowest BCUT2D eigenvalue weighted by Gasteiger charge is -2.37. The summed E-state index contributed by atoms with van der Waals surface area (Å²) < 4.78 is 5.36. The van der Waals surface area contributed by atoms with Crippen LogP contribution in [0.25, 0.3) is 0 Å². The standard InChI is InChI=1S/C13H25NO3/c1-12(2,3)14-11(16)17-10-6-9(15)7-13(4,5)8-10/h9-10,15H,6-8H2,1-5H3,(H,14,16). The molecule has 4 nitrogen and oxygen atoms in total. The van der Waals surface area contributed by atoms with E-state index in [1.54, 1.807) is 0 Å². The van der Waals surface area contributed by atoms with Crippen LogP contribution in [0.3, 0.4) is 0 Å². The summed E-state index contributed by atoms with van der Waals surface area (Å²) in [7, 11) is 0. The van der Waals surface area contributed by atoms with Crippen molar-refractivity contribution in [1.29, 1.82) is 0 Å². The fraction of sp³-hybridized carbons (Fsp3) is 0.923. The molecule has 0 aromatic rings. The molecular weight excluding hydrogens is 218 g/mol. The van der Waals surface area contributed by atoms with Crippen LogP contribution < -0.4 is 5.32 Å². The maximum atomic E-state index is 11.6. The Morgan fingerprint density at radius 3 is 2.41 bits per heavy atom. The molecule has 0 radical (unpaired) electrons. The molecule has 2 N–H and O–H groups in total. The highest BCUT2D eigenvalue weighted by Crippen LogP contribution is 2.36. The average molecular weight is 243 g/mol. The molecule has 1 amide bonds. The number of carbonyl (C=O) groups is 1. The summed E-state index contributed by atoms with van der Waals surface area (Å²) >= 11 is 0. The fourth-order valence-corrected chi connectivity index (χ4v) is 2.38. The summed E-state index contributed by atoms with van der Waals surface area (Å²) in [6.45, 7) is 9.91. The first-order valence-corrected chi connectivity index (χ1v) is 6.24. The van der Waals surface area contributed by atoms with E-state index in [0.717, 1.165) is 12.8 Å². The summed E-state index contributed by atoms with van der Waals surface area (Å²) in [4.78, 5) is 11.6. The minimum atomic E-state index is -0.396. The van der Waals surface area contributed by atoms with Crippen molar-refractivity contribution in [2.24, 2.45) is 5.41 Å². The summed E-state index contributed by atoms with van der Waals surface area (Å²) in [5.74, 6) is 0. The number of aliphatic hydroxyl groups excluding tert-OH is 1. The van der Waals surface area contributed by atoms with Crippen molar-refractivity contribution in [2.75, 3.05) is 0 Å². The lowest BCUT2D eigenvalue weighted by atomic mass is 9.75. The van der Waals surface area contributed by atoms with E-state index in [2.05, 4.69) is 19.2 Å². The number of rotatable bonds is 1. The first-order valence-electron chi connectivity index (χ1n) is 6.24. The molecule has 100 valence electrons. The fourth-order valence-electron chi connectivity index (χ4n) is 2.38. The van der Waals surface area contributed by atoms with Crippen molar-refractivity contribution in [3.8, 4) is 0 Å². The molecule has 2 unspecified atom stereocenters. The molecule has 1 saturated carbocycles. The molecule has 0 saturated heterocycles. The first-order chi connectivity index (χ1) is 7.57. The van der Waals surface area contributed by atoms with Crippen LogP contribution in [-0.2, 0) is 4.74 Å². The van der Waals surface area contributed by atoms with Gasteiger partial charge in [0.15, 0.2) is 0 Å². The van der Waals surface area contributed by atoms with Crippen molar-refractivity contribution in [1.82, 2.24) is 5.32 Å². The second kappa shape index (κ2) is 4.84. The van der Waals surface area contributed by atoms with Crippen molar-refractivity contribution >= 4 is 6.09 Å². The number of amides is 1. The number of carbonyl (C=O) groups excluding carboxylic acids is 1. The van der Waals surface area contributed by atoms with Crippen LogP contribution in [0.1, 0.15) is 53.9 Å². The molecule has 0 aromatic heterocycles. The molecular formula is C13H25NO3. The third-order valence-corrected chi connectivity index (χ3v) is 2.85. The maximum absolute atomic E-state index is 11.6. The molecule has 1 fully saturated rings. The van der Waals surface area contributed by atoms with Crippen molar-refractivity contribution < 1.29 is 14.6 Å². The van der Waals surface area contributed by atoms with E-state index >= 15 is 0 Å². The normalized spacial score (nSPS) is 28.6. The monoisotopic (exact) mass is 243 g/mol. The maximum Gasteiger partial charge on any atom is 0.407 e. The SMILES string of the molecule is CC1(C)CC(O)CC(OC(=O)NC(C)(C)C)C1. The number of aliphatic hydroxyl groups is 1. The summed E-state index contributed by atoms with van der Waals surface area (Å²) in [6.07, 6.45) is 1.17. The Bertz CT molecular complexity index is 281. The van der Waals surface area contributed by atoms with E-state index < -0.39 is 6.09 Å². The van der Waals surface area contributed by atoms with Gasteiger partial charge in [0, 0.05) is 12.0 Å². The Balaban J connectivity index is 2.49. The van der Waals surface area contributed by atoms with Gasteiger partial charge in [0.1, 0.15) is 6.10 Å². The molecule has 1 aliphatic carbocycles. The summed E-state index contributed by atoms with van der Waals surface area (Å²) in [6, 6.07) is 0. The Morgan fingerprint density at radius 1 is 1.35 bits per heavy atom. The molecule has 0 aromatic carbocycles. The lowest BCUT2D eigenvalue weighted by Crippen LogP contribution is -2.44. The molecule has 0 bridgehead atoms. The average Bonchev–Trinajstić information content (AvgIpc) is 1.93. The molecule has 17 heavy (non-hydrogen) atoms.